The molecule has 0 radical (unpaired) electrons. The summed E-state index contributed by atoms with van der Waals surface area (Å²) in [7, 11) is 0. The van der Waals surface area contributed by atoms with Gasteiger partial charge in [0.25, 0.3) is 0 Å². The summed E-state index contributed by atoms with van der Waals surface area (Å²) in [6.07, 6.45) is 2.51. The van der Waals surface area contributed by atoms with Crippen LogP contribution < -0.4 is 0 Å². The number of amides is 1. The molecule has 0 aromatic carbocycles. The highest BCUT2D eigenvalue weighted by molar-refractivity contribution is 5.80. The van der Waals surface area contributed by atoms with Crippen molar-refractivity contribution in [2.45, 2.75) is 26.2 Å². The van der Waals surface area contributed by atoms with Crippen LogP contribution in [0.15, 0.2) is 0 Å². The summed E-state index contributed by atoms with van der Waals surface area (Å²) in [5.41, 5.74) is 0. The molecule has 0 aromatic heterocycles. The van der Waals surface area contributed by atoms with E-state index in [-0.39, 0.29) is 23.7 Å². The maximum absolute atomic E-state index is 12.2. The van der Waals surface area contributed by atoms with Crippen LogP contribution in [-0.4, -0.2) is 49.7 Å². The predicted molar refractivity (Wildman–Crippen MR) is 64.9 cm³/mol. The summed E-state index contributed by atoms with van der Waals surface area (Å²) in [6, 6.07) is 0. The molecule has 5 nitrogen and oxygen atoms in total. The second kappa shape index (κ2) is 6.18. The third kappa shape index (κ3) is 3.02. The minimum Gasteiger partial charge on any atom is -0.466 e. The smallest absolute Gasteiger partial charge is 0.310 e. The molecule has 2 saturated heterocycles. The Kier molecular flexibility index (Phi) is 4.58. The number of piperidine rings is 1. The minimum absolute atomic E-state index is 0.00838. The molecular formula is C13H21NO4. The summed E-state index contributed by atoms with van der Waals surface area (Å²) in [4.78, 5) is 25.7. The monoisotopic (exact) mass is 255 g/mol. The van der Waals surface area contributed by atoms with Crippen molar-refractivity contribution in [2.75, 3.05) is 32.9 Å². The molecule has 18 heavy (non-hydrogen) atoms. The largest absolute Gasteiger partial charge is 0.466 e. The molecule has 0 N–H and O–H groups in total. The molecule has 102 valence electrons. The quantitative estimate of drug-likeness (QED) is 0.701. The average molecular weight is 255 g/mol. The number of ether oxygens (including phenoxy) is 2. The molecule has 2 aliphatic heterocycles. The highest BCUT2D eigenvalue weighted by Crippen LogP contribution is 2.22. The van der Waals surface area contributed by atoms with Gasteiger partial charge in [-0.2, -0.15) is 0 Å². The van der Waals surface area contributed by atoms with Gasteiger partial charge in [-0.3, -0.25) is 9.59 Å². The number of nitrogens with zero attached hydrogens (tertiary/aromatic N) is 1. The second-order valence-electron chi connectivity index (χ2n) is 4.94. The van der Waals surface area contributed by atoms with Crippen molar-refractivity contribution in [3.05, 3.63) is 0 Å². The lowest BCUT2D eigenvalue weighted by Gasteiger charge is -2.32. The van der Waals surface area contributed by atoms with Gasteiger partial charge in [-0.25, -0.2) is 0 Å². The van der Waals surface area contributed by atoms with Crippen LogP contribution in [-0.2, 0) is 19.1 Å². The van der Waals surface area contributed by atoms with Crippen molar-refractivity contribution in [1.82, 2.24) is 4.90 Å². The molecule has 1 amide bonds. The van der Waals surface area contributed by atoms with Gasteiger partial charge < -0.3 is 14.4 Å². The van der Waals surface area contributed by atoms with Crippen molar-refractivity contribution < 1.29 is 19.1 Å². The van der Waals surface area contributed by atoms with Gasteiger partial charge in [-0.15, -0.1) is 0 Å². The Labute approximate surface area is 107 Å². The molecule has 0 aliphatic carbocycles. The molecule has 0 saturated carbocycles. The highest BCUT2D eigenvalue weighted by atomic mass is 16.5. The van der Waals surface area contributed by atoms with Gasteiger partial charge in [0.05, 0.1) is 25.0 Å². The van der Waals surface area contributed by atoms with Crippen LogP contribution in [0.5, 0.6) is 0 Å². The van der Waals surface area contributed by atoms with Gasteiger partial charge in [-0.05, 0) is 26.2 Å². The molecular weight excluding hydrogens is 234 g/mol. The number of likely N-dealkylation sites (tertiary alicyclic amines) is 1. The van der Waals surface area contributed by atoms with Crippen molar-refractivity contribution >= 4 is 11.9 Å². The van der Waals surface area contributed by atoms with E-state index in [0.717, 1.165) is 25.8 Å². The summed E-state index contributed by atoms with van der Waals surface area (Å²) in [5, 5.41) is 0. The van der Waals surface area contributed by atoms with Crippen LogP contribution in [0.3, 0.4) is 0 Å². The molecule has 0 spiro atoms. The van der Waals surface area contributed by atoms with Gasteiger partial charge in [0.1, 0.15) is 0 Å². The zero-order valence-electron chi connectivity index (χ0n) is 10.9. The van der Waals surface area contributed by atoms with Gasteiger partial charge in [0.2, 0.25) is 5.91 Å². The average Bonchev–Trinajstić information content (AvgIpc) is 2.92. The van der Waals surface area contributed by atoms with E-state index in [1.165, 1.54) is 0 Å². The lowest BCUT2D eigenvalue weighted by atomic mass is 9.96. The maximum atomic E-state index is 12.2. The Morgan fingerprint density at radius 2 is 2.17 bits per heavy atom. The second-order valence-corrected chi connectivity index (χ2v) is 4.94. The Hall–Kier alpha value is -1.10. The molecule has 5 heteroatoms. The summed E-state index contributed by atoms with van der Waals surface area (Å²) >= 11 is 0. The van der Waals surface area contributed by atoms with E-state index < -0.39 is 0 Å². The number of hydrogen-bond acceptors (Lipinski definition) is 4. The number of carbonyl (C=O) groups excluding carboxylic acids is 2. The van der Waals surface area contributed by atoms with Gasteiger partial charge >= 0.3 is 5.97 Å². The van der Waals surface area contributed by atoms with Gasteiger partial charge in [0.15, 0.2) is 0 Å². The topological polar surface area (TPSA) is 55.8 Å². The zero-order valence-corrected chi connectivity index (χ0v) is 10.9. The predicted octanol–water partition coefficient (Wildman–Crippen LogP) is 0.825. The third-order valence-electron chi connectivity index (χ3n) is 3.63. The van der Waals surface area contributed by atoms with Crippen LogP contribution in [0.2, 0.25) is 0 Å². The van der Waals surface area contributed by atoms with Crippen molar-refractivity contribution in [1.29, 1.82) is 0 Å². The van der Waals surface area contributed by atoms with Crippen molar-refractivity contribution in [3.63, 3.8) is 0 Å². The van der Waals surface area contributed by atoms with Crippen molar-refractivity contribution in [3.8, 4) is 0 Å². The van der Waals surface area contributed by atoms with Crippen LogP contribution >= 0.6 is 0 Å². The zero-order chi connectivity index (χ0) is 13.0. The van der Waals surface area contributed by atoms with Crippen LogP contribution in [0.1, 0.15) is 26.2 Å². The molecule has 2 rings (SSSR count). The molecule has 0 bridgehead atoms. The molecule has 2 aliphatic rings. The SMILES string of the molecule is CCOC(=O)[C@@H]1CCCN(C(=O)C2CCOC2)C1. The molecule has 2 fully saturated rings. The van der Waals surface area contributed by atoms with E-state index in [1.807, 2.05) is 4.90 Å². The highest BCUT2D eigenvalue weighted by Gasteiger charge is 2.33. The fourth-order valence-corrected chi connectivity index (χ4v) is 2.62. The van der Waals surface area contributed by atoms with E-state index in [4.69, 9.17) is 9.47 Å². The van der Waals surface area contributed by atoms with E-state index in [2.05, 4.69) is 0 Å². The first-order chi connectivity index (χ1) is 8.72. The van der Waals surface area contributed by atoms with Gasteiger partial charge in [0, 0.05) is 19.7 Å². The molecule has 0 aromatic rings. The Balaban J connectivity index is 1.89. The Bertz CT molecular complexity index is 312. The molecule has 2 atom stereocenters. The first kappa shape index (κ1) is 13.3. The normalized spacial score (nSPS) is 28.2. The first-order valence-corrected chi connectivity index (χ1v) is 6.75. The Morgan fingerprint density at radius 1 is 1.33 bits per heavy atom. The number of esters is 1. The summed E-state index contributed by atoms with van der Waals surface area (Å²) in [5.74, 6) is -0.185. The fraction of sp³-hybridized carbons (Fsp3) is 0.846. The van der Waals surface area contributed by atoms with Crippen LogP contribution in [0.25, 0.3) is 0 Å². The third-order valence-corrected chi connectivity index (χ3v) is 3.63. The van der Waals surface area contributed by atoms with Gasteiger partial charge in [-0.1, -0.05) is 0 Å². The number of carbonyl (C=O) groups is 2. The van der Waals surface area contributed by atoms with Crippen LogP contribution in [0, 0.1) is 11.8 Å². The van der Waals surface area contributed by atoms with Crippen molar-refractivity contribution in [2.24, 2.45) is 11.8 Å². The van der Waals surface area contributed by atoms with E-state index in [9.17, 15) is 9.59 Å². The fourth-order valence-electron chi connectivity index (χ4n) is 2.62. The first-order valence-electron chi connectivity index (χ1n) is 6.75. The van der Waals surface area contributed by atoms with E-state index >= 15 is 0 Å². The number of rotatable bonds is 3. The van der Waals surface area contributed by atoms with E-state index in [0.29, 0.717) is 26.4 Å². The lowest BCUT2D eigenvalue weighted by molar-refractivity contribution is -0.151. The maximum Gasteiger partial charge on any atom is 0.310 e. The Morgan fingerprint density at radius 3 is 2.83 bits per heavy atom. The van der Waals surface area contributed by atoms with E-state index in [1.54, 1.807) is 6.92 Å². The summed E-state index contributed by atoms with van der Waals surface area (Å²) < 4.78 is 10.3. The minimum atomic E-state index is -0.169. The lowest BCUT2D eigenvalue weighted by Crippen LogP contribution is -2.45. The molecule has 2 heterocycles. The van der Waals surface area contributed by atoms with Crippen LogP contribution in [0.4, 0.5) is 0 Å². The molecule has 1 unspecified atom stereocenters. The summed E-state index contributed by atoms with van der Waals surface area (Å²) in [6.45, 7) is 4.67. The number of hydrogen-bond donors (Lipinski definition) is 0. The standard InChI is InChI=1S/C13H21NO4/c1-2-18-13(16)10-4-3-6-14(8-10)12(15)11-5-7-17-9-11/h10-11H,2-9H2,1H3/t10-,11?/m1/s1.